The van der Waals surface area contributed by atoms with E-state index in [1.54, 1.807) is 24.4 Å². The van der Waals surface area contributed by atoms with Crippen molar-refractivity contribution in [2.75, 3.05) is 11.9 Å². The highest BCUT2D eigenvalue weighted by Crippen LogP contribution is 2.29. The van der Waals surface area contributed by atoms with Crippen LogP contribution in [0.2, 0.25) is 0 Å². The number of carbonyl (C=O) groups excluding carboxylic acids is 1. The molecule has 3 rings (SSSR count). The molecule has 1 aliphatic carbocycles. The Kier molecular flexibility index (Phi) is 3.18. The van der Waals surface area contributed by atoms with E-state index in [0.29, 0.717) is 11.4 Å². The summed E-state index contributed by atoms with van der Waals surface area (Å²) >= 11 is 0. The van der Waals surface area contributed by atoms with Crippen molar-refractivity contribution in [1.29, 1.82) is 0 Å². The van der Waals surface area contributed by atoms with Gasteiger partial charge in [-0.2, -0.15) is 5.10 Å². The molecule has 0 radical (unpaired) electrons. The molecule has 1 amide bonds. The Balaban J connectivity index is 1.59. The summed E-state index contributed by atoms with van der Waals surface area (Å²) in [4.78, 5) is 11.9. The monoisotopic (exact) mass is 257 g/mol. The van der Waals surface area contributed by atoms with Gasteiger partial charge < -0.3 is 10.1 Å². The van der Waals surface area contributed by atoms with Gasteiger partial charge in [0.25, 0.3) is 5.91 Å². The van der Waals surface area contributed by atoms with Crippen molar-refractivity contribution in [2.45, 2.75) is 12.8 Å². The molecule has 0 atom stereocenters. The van der Waals surface area contributed by atoms with Crippen LogP contribution in [0.1, 0.15) is 23.2 Å². The average Bonchev–Trinajstić information content (AvgIpc) is 3.13. The third-order valence-corrected chi connectivity index (χ3v) is 3.05. The van der Waals surface area contributed by atoms with E-state index in [0.717, 1.165) is 18.3 Å². The molecule has 0 spiro atoms. The number of ether oxygens (including phenoxy) is 1. The van der Waals surface area contributed by atoms with E-state index in [4.69, 9.17) is 4.74 Å². The van der Waals surface area contributed by atoms with E-state index in [-0.39, 0.29) is 5.91 Å². The average molecular weight is 257 g/mol. The molecule has 2 aromatic rings. The van der Waals surface area contributed by atoms with Gasteiger partial charge in [0, 0.05) is 11.6 Å². The lowest BCUT2D eigenvalue weighted by molar-refractivity contribution is 0.102. The fourth-order valence-corrected chi connectivity index (χ4v) is 1.72. The Morgan fingerprint density at radius 2 is 2.11 bits per heavy atom. The van der Waals surface area contributed by atoms with E-state index < -0.39 is 0 Å². The highest BCUT2D eigenvalue weighted by Gasteiger charge is 2.21. The Bertz CT molecular complexity index is 545. The van der Waals surface area contributed by atoms with Crippen LogP contribution in [0.4, 0.5) is 5.82 Å². The third-order valence-electron chi connectivity index (χ3n) is 3.05. The zero-order chi connectivity index (χ0) is 13.1. The second-order valence-corrected chi connectivity index (χ2v) is 4.70. The number of nitrogens with one attached hydrogen (secondary N) is 2. The number of aromatic nitrogens is 2. The first kappa shape index (κ1) is 11.8. The van der Waals surface area contributed by atoms with Gasteiger partial charge in [-0.15, -0.1) is 0 Å². The number of benzene rings is 1. The first-order valence-electron chi connectivity index (χ1n) is 6.35. The Labute approximate surface area is 111 Å². The first-order chi connectivity index (χ1) is 9.31. The van der Waals surface area contributed by atoms with Gasteiger partial charge in [0.15, 0.2) is 0 Å². The largest absolute Gasteiger partial charge is 0.493 e. The number of hydrogen-bond acceptors (Lipinski definition) is 3. The van der Waals surface area contributed by atoms with Crippen LogP contribution in [-0.2, 0) is 0 Å². The van der Waals surface area contributed by atoms with Crippen molar-refractivity contribution in [1.82, 2.24) is 10.2 Å². The minimum absolute atomic E-state index is 0.169. The summed E-state index contributed by atoms with van der Waals surface area (Å²) in [6, 6.07) is 8.86. The number of anilines is 1. The van der Waals surface area contributed by atoms with Crippen LogP contribution < -0.4 is 10.1 Å². The fourth-order valence-electron chi connectivity index (χ4n) is 1.72. The Morgan fingerprint density at radius 1 is 1.32 bits per heavy atom. The predicted octanol–water partition coefficient (Wildman–Crippen LogP) is 2.45. The van der Waals surface area contributed by atoms with Crippen molar-refractivity contribution in [3.8, 4) is 5.75 Å². The summed E-state index contributed by atoms with van der Waals surface area (Å²) in [6.45, 7) is 0.777. The lowest BCUT2D eigenvalue weighted by Crippen LogP contribution is -2.12. The van der Waals surface area contributed by atoms with Crippen molar-refractivity contribution >= 4 is 11.7 Å². The second kappa shape index (κ2) is 5.14. The molecule has 19 heavy (non-hydrogen) atoms. The predicted molar refractivity (Wildman–Crippen MR) is 71.2 cm³/mol. The zero-order valence-corrected chi connectivity index (χ0v) is 10.4. The molecule has 1 aliphatic rings. The number of nitrogens with zero attached hydrogens (tertiary/aromatic N) is 1. The molecular weight excluding hydrogens is 242 g/mol. The van der Waals surface area contributed by atoms with Gasteiger partial charge in [-0.05, 0) is 43.0 Å². The number of hydrogen-bond donors (Lipinski definition) is 2. The molecule has 1 aromatic carbocycles. The summed E-state index contributed by atoms with van der Waals surface area (Å²) in [6.07, 6.45) is 4.12. The number of aromatic amines is 1. The van der Waals surface area contributed by atoms with Crippen molar-refractivity contribution in [3.63, 3.8) is 0 Å². The molecule has 1 saturated carbocycles. The van der Waals surface area contributed by atoms with Crippen LogP contribution in [0.15, 0.2) is 36.5 Å². The maximum atomic E-state index is 11.9. The Morgan fingerprint density at radius 3 is 2.74 bits per heavy atom. The molecule has 0 saturated heterocycles. The van der Waals surface area contributed by atoms with E-state index >= 15 is 0 Å². The van der Waals surface area contributed by atoms with Crippen LogP contribution in [0.5, 0.6) is 5.75 Å². The summed E-state index contributed by atoms with van der Waals surface area (Å²) in [7, 11) is 0. The molecule has 0 bridgehead atoms. The lowest BCUT2D eigenvalue weighted by Gasteiger charge is -2.06. The number of rotatable bonds is 5. The van der Waals surface area contributed by atoms with Crippen molar-refractivity contribution < 1.29 is 9.53 Å². The molecule has 5 nitrogen and oxygen atoms in total. The molecule has 98 valence electrons. The van der Waals surface area contributed by atoms with Crippen LogP contribution >= 0.6 is 0 Å². The van der Waals surface area contributed by atoms with Crippen LogP contribution in [-0.4, -0.2) is 22.7 Å². The minimum Gasteiger partial charge on any atom is -0.493 e. The van der Waals surface area contributed by atoms with E-state index in [1.165, 1.54) is 12.8 Å². The highest BCUT2D eigenvalue weighted by atomic mass is 16.5. The minimum atomic E-state index is -0.169. The second-order valence-electron chi connectivity index (χ2n) is 4.70. The maximum Gasteiger partial charge on any atom is 0.256 e. The molecule has 2 N–H and O–H groups in total. The summed E-state index contributed by atoms with van der Waals surface area (Å²) in [5.74, 6) is 1.95. The smallest absolute Gasteiger partial charge is 0.256 e. The van der Waals surface area contributed by atoms with Gasteiger partial charge in [-0.25, -0.2) is 0 Å². The number of H-pyrrole nitrogens is 1. The topological polar surface area (TPSA) is 67.0 Å². The van der Waals surface area contributed by atoms with Crippen LogP contribution in [0.25, 0.3) is 0 Å². The molecule has 1 heterocycles. The molecule has 0 unspecified atom stereocenters. The molecule has 5 heteroatoms. The number of amides is 1. The third kappa shape index (κ3) is 3.13. The SMILES string of the molecule is O=C(Nc1ccn[nH]1)c1ccc(OCC2CC2)cc1. The van der Waals surface area contributed by atoms with Crippen molar-refractivity contribution in [2.24, 2.45) is 5.92 Å². The maximum absolute atomic E-state index is 11.9. The van der Waals surface area contributed by atoms with E-state index in [2.05, 4.69) is 15.5 Å². The summed E-state index contributed by atoms with van der Waals surface area (Å²) < 4.78 is 5.62. The molecule has 1 aromatic heterocycles. The van der Waals surface area contributed by atoms with Gasteiger partial charge in [-0.1, -0.05) is 0 Å². The normalized spacial score (nSPS) is 14.1. The van der Waals surface area contributed by atoms with Crippen molar-refractivity contribution in [3.05, 3.63) is 42.1 Å². The van der Waals surface area contributed by atoms with Gasteiger partial charge in [-0.3, -0.25) is 9.89 Å². The summed E-state index contributed by atoms with van der Waals surface area (Å²) in [5, 5.41) is 9.17. The van der Waals surface area contributed by atoms with E-state index in [9.17, 15) is 4.79 Å². The van der Waals surface area contributed by atoms with E-state index in [1.807, 2.05) is 12.1 Å². The summed E-state index contributed by atoms with van der Waals surface area (Å²) in [5.41, 5.74) is 0.591. The van der Waals surface area contributed by atoms with Crippen LogP contribution in [0.3, 0.4) is 0 Å². The van der Waals surface area contributed by atoms with Gasteiger partial charge in [0.05, 0.1) is 12.8 Å². The van der Waals surface area contributed by atoms with Gasteiger partial charge in [0.1, 0.15) is 11.6 Å². The van der Waals surface area contributed by atoms with Gasteiger partial charge >= 0.3 is 0 Å². The highest BCUT2D eigenvalue weighted by molar-refractivity contribution is 6.03. The lowest BCUT2D eigenvalue weighted by atomic mass is 10.2. The Hall–Kier alpha value is -2.30. The van der Waals surface area contributed by atoms with Gasteiger partial charge in [0.2, 0.25) is 0 Å². The molecule has 0 aliphatic heterocycles. The number of carbonyl (C=O) groups is 1. The molecular formula is C14H15N3O2. The standard InChI is InChI=1S/C14H15N3O2/c18-14(16-13-7-8-15-17-13)11-3-5-12(6-4-11)19-9-10-1-2-10/h3-8,10H,1-2,9H2,(H2,15,16,17,18). The quantitative estimate of drug-likeness (QED) is 0.864. The fraction of sp³-hybridized carbons (Fsp3) is 0.286. The molecule has 1 fully saturated rings. The first-order valence-corrected chi connectivity index (χ1v) is 6.35. The van der Waals surface area contributed by atoms with Crippen LogP contribution in [0, 0.1) is 5.92 Å². The zero-order valence-electron chi connectivity index (χ0n) is 10.4.